The van der Waals surface area contributed by atoms with E-state index in [1.807, 2.05) is 80.6 Å². The van der Waals surface area contributed by atoms with Gasteiger partial charge < -0.3 is 14.2 Å². The van der Waals surface area contributed by atoms with Crippen LogP contribution < -0.4 is 14.2 Å². The summed E-state index contributed by atoms with van der Waals surface area (Å²) < 4.78 is 17.5. The summed E-state index contributed by atoms with van der Waals surface area (Å²) in [6, 6.07) is 21.9. The van der Waals surface area contributed by atoms with Gasteiger partial charge in [-0.2, -0.15) is 0 Å². The molecule has 0 saturated heterocycles. The monoisotopic (exact) mass is 334 g/mol. The lowest BCUT2D eigenvalue weighted by molar-refractivity contribution is 0.289. The Balaban J connectivity index is 1.84. The third-order valence-corrected chi connectivity index (χ3v) is 3.88. The van der Waals surface area contributed by atoms with Crippen molar-refractivity contribution in [3.63, 3.8) is 0 Å². The van der Waals surface area contributed by atoms with Crippen LogP contribution in [0.25, 0.3) is 0 Å². The Morgan fingerprint density at radius 2 is 1.32 bits per heavy atom. The van der Waals surface area contributed by atoms with E-state index in [4.69, 9.17) is 14.2 Å². The summed E-state index contributed by atoms with van der Waals surface area (Å²) in [4.78, 5) is 0. The van der Waals surface area contributed by atoms with Gasteiger partial charge in [-0.15, -0.1) is 0 Å². The molecule has 0 aromatic heterocycles. The van der Waals surface area contributed by atoms with Crippen molar-refractivity contribution >= 4 is 0 Å². The molecule has 3 nitrogen and oxygen atoms in total. The predicted molar refractivity (Wildman–Crippen MR) is 99.8 cm³/mol. The van der Waals surface area contributed by atoms with Crippen molar-refractivity contribution < 1.29 is 14.2 Å². The smallest absolute Gasteiger partial charge is 0.169 e. The Morgan fingerprint density at radius 3 is 2.00 bits per heavy atom. The molecule has 3 aromatic carbocycles. The Kier molecular flexibility index (Phi) is 5.24. The molecular weight excluding hydrogens is 312 g/mol. The summed E-state index contributed by atoms with van der Waals surface area (Å²) in [5.41, 5.74) is 3.34. The summed E-state index contributed by atoms with van der Waals surface area (Å²) in [7, 11) is 1.64. The molecule has 0 spiro atoms. The average Bonchev–Trinajstić information content (AvgIpc) is 2.63. The first-order valence-electron chi connectivity index (χ1n) is 8.25. The maximum atomic E-state index is 6.11. The van der Waals surface area contributed by atoms with E-state index < -0.39 is 0 Å². The quantitative estimate of drug-likeness (QED) is 0.580. The molecule has 0 bridgehead atoms. The fourth-order valence-electron chi connectivity index (χ4n) is 2.53. The van der Waals surface area contributed by atoms with Crippen LogP contribution in [0.4, 0.5) is 0 Å². The topological polar surface area (TPSA) is 27.7 Å². The third-order valence-electron chi connectivity index (χ3n) is 3.88. The number of methoxy groups -OCH3 is 1. The van der Waals surface area contributed by atoms with Crippen LogP contribution in [0.15, 0.2) is 66.7 Å². The third kappa shape index (κ3) is 4.32. The van der Waals surface area contributed by atoms with Crippen LogP contribution in [0, 0.1) is 13.8 Å². The number of benzene rings is 3. The van der Waals surface area contributed by atoms with E-state index in [-0.39, 0.29) is 0 Å². The number of ether oxygens (including phenoxy) is 3. The second-order valence-electron chi connectivity index (χ2n) is 5.98. The summed E-state index contributed by atoms with van der Waals surface area (Å²) in [6.07, 6.45) is 0. The molecule has 0 saturated carbocycles. The van der Waals surface area contributed by atoms with Gasteiger partial charge in [-0.3, -0.25) is 0 Å². The van der Waals surface area contributed by atoms with E-state index in [0.29, 0.717) is 29.6 Å². The van der Waals surface area contributed by atoms with Gasteiger partial charge in [0, 0.05) is 0 Å². The molecule has 3 rings (SSSR count). The number of rotatable bonds is 6. The Hall–Kier alpha value is -2.94. The lowest BCUT2D eigenvalue weighted by Crippen LogP contribution is -1.98. The van der Waals surface area contributed by atoms with Crippen LogP contribution in [0.5, 0.6) is 23.0 Å². The van der Waals surface area contributed by atoms with Crippen LogP contribution >= 0.6 is 0 Å². The van der Waals surface area contributed by atoms with Gasteiger partial charge in [0.1, 0.15) is 6.61 Å². The molecule has 0 radical (unpaired) electrons. The second-order valence-corrected chi connectivity index (χ2v) is 5.98. The highest BCUT2D eigenvalue weighted by molar-refractivity contribution is 5.49. The number of aryl methyl sites for hydroxylation is 2. The Labute approximate surface area is 148 Å². The zero-order valence-electron chi connectivity index (χ0n) is 14.8. The van der Waals surface area contributed by atoms with Gasteiger partial charge in [0.2, 0.25) is 0 Å². The van der Waals surface area contributed by atoms with Crippen LogP contribution in [0.3, 0.4) is 0 Å². The summed E-state index contributed by atoms with van der Waals surface area (Å²) in [6.45, 7) is 4.54. The van der Waals surface area contributed by atoms with Crippen molar-refractivity contribution in [1.82, 2.24) is 0 Å². The predicted octanol–water partition coefficient (Wildman–Crippen LogP) is 5.68. The highest BCUT2D eigenvalue weighted by Gasteiger charge is 2.11. The fraction of sp³-hybridized carbons (Fsp3) is 0.182. The van der Waals surface area contributed by atoms with Gasteiger partial charge in [-0.1, -0.05) is 42.5 Å². The normalized spacial score (nSPS) is 10.4. The summed E-state index contributed by atoms with van der Waals surface area (Å²) in [5, 5.41) is 0. The molecule has 3 heteroatoms. The molecule has 0 unspecified atom stereocenters. The van der Waals surface area contributed by atoms with Crippen LogP contribution in [0.2, 0.25) is 0 Å². The van der Waals surface area contributed by atoms with Gasteiger partial charge in [-0.25, -0.2) is 0 Å². The minimum atomic E-state index is 0.491. The maximum Gasteiger partial charge on any atom is 0.169 e. The molecule has 25 heavy (non-hydrogen) atoms. The molecule has 0 fully saturated rings. The fourth-order valence-corrected chi connectivity index (χ4v) is 2.53. The first-order valence-corrected chi connectivity index (χ1v) is 8.25. The van der Waals surface area contributed by atoms with Crippen LogP contribution in [-0.2, 0) is 6.61 Å². The van der Waals surface area contributed by atoms with Gasteiger partial charge >= 0.3 is 0 Å². The molecule has 128 valence electrons. The molecule has 3 aromatic rings. The molecule has 0 aliphatic carbocycles. The van der Waals surface area contributed by atoms with E-state index >= 15 is 0 Å². The van der Waals surface area contributed by atoms with E-state index in [9.17, 15) is 0 Å². The van der Waals surface area contributed by atoms with Crippen molar-refractivity contribution in [2.75, 3.05) is 7.11 Å². The molecule has 0 amide bonds. The number of hydrogen-bond donors (Lipinski definition) is 0. The second kappa shape index (κ2) is 7.75. The molecule has 0 atom stereocenters. The van der Waals surface area contributed by atoms with Crippen LogP contribution in [-0.4, -0.2) is 7.11 Å². The summed E-state index contributed by atoms with van der Waals surface area (Å²) >= 11 is 0. The van der Waals surface area contributed by atoms with Crippen molar-refractivity contribution in [2.24, 2.45) is 0 Å². The molecule has 0 aliphatic heterocycles. The minimum absolute atomic E-state index is 0.491. The molecule has 0 heterocycles. The lowest BCUT2D eigenvalue weighted by Gasteiger charge is -2.15. The van der Waals surface area contributed by atoms with Gasteiger partial charge in [0.25, 0.3) is 0 Å². The first kappa shape index (κ1) is 16.9. The van der Waals surface area contributed by atoms with Crippen molar-refractivity contribution in [3.8, 4) is 23.0 Å². The number of hydrogen-bond acceptors (Lipinski definition) is 3. The van der Waals surface area contributed by atoms with Gasteiger partial charge in [0.05, 0.1) is 7.11 Å². The molecular formula is C22H22O3. The van der Waals surface area contributed by atoms with E-state index in [0.717, 1.165) is 16.7 Å². The SMILES string of the molecule is COc1cc(C)ccc1Oc1cc(C)ccc1OCc1ccccc1. The lowest BCUT2D eigenvalue weighted by atomic mass is 10.2. The minimum Gasteiger partial charge on any atom is -0.493 e. The average molecular weight is 334 g/mol. The highest BCUT2D eigenvalue weighted by Crippen LogP contribution is 2.37. The Morgan fingerprint density at radius 1 is 0.680 bits per heavy atom. The van der Waals surface area contributed by atoms with Crippen molar-refractivity contribution in [2.45, 2.75) is 20.5 Å². The maximum absolute atomic E-state index is 6.11. The molecule has 0 N–H and O–H groups in total. The zero-order valence-corrected chi connectivity index (χ0v) is 14.8. The van der Waals surface area contributed by atoms with E-state index in [1.165, 1.54) is 0 Å². The Bertz CT molecular complexity index is 841. The zero-order chi connectivity index (χ0) is 17.6. The van der Waals surface area contributed by atoms with Crippen molar-refractivity contribution in [3.05, 3.63) is 83.4 Å². The van der Waals surface area contributed by atoms with Crippen LogP contribution in [0.1, 0.15) is 16.7 Å². The molecule has 0 aliphatic rings. The van der Waals surface area contributed by atoms with Gasteiger partial charge in [0.15, 0.2) is 23.0 Å². The van der Waals surface area contributed by atoms with E-state index in [1.54, 1.807) is 7.11 Å². The van der Waals surface area contributed by atoms with E-state index in [2.05, 4.69) is 0 Å². The largest absolute Gasteiger partial charge is 0.493 e. The first-order chi connectivity index (χ1) is 12.2. The summed E-state index contributed by atoms with van der Waals surface area (Å²) in [5.74, 6) is 2.76. The standard InChI is InChI=1S/C22H22O3/c1-16-10-12-20(21(13-16)23-3)25-22-14-17(2)9-11-19(22)24-15-18-7-5-4-6-8-18/h4-14H,15H2,1-3H3. The van der Waals surface area contributed by atoms with Gasteiger partial charge in [-0.05, 0) is 54.8 Å². The van der Waals surface area contributed by atoms with Crippen molar-refractivity contribution in [1.29, 1.82) is 0 Å². The highest BCUT2D eigenvalue weighted by atomic mass is 16.5.